The molecule has 0 aliphatic carbocycles. The monoisotopic (exact) mass is 241 g/mol. The molecular weight excluding hydrogens is 234 g/mol. The molecule has 1 aromatic carbocycles. The predicted octanol–water partition coefficient (Wildman–Crippen LogP) is 4.06. The molecule has 4 heteroatoms. The molecular formula is C10H8ClNS2. The van der Waals surface area contributed by atoms with Gasteiger partial charge in [-0.2, -0.15) is 0 Å². The Balaban J connectivity index is 2.47. The second kappa shape index (κ2) is 3.93. The van der Waals surface area contributed by atoms with E-state index < -0.39 is 0 Å². The SMILES string of the molecule is Cc1ccc(-c2nc(S)cs2)cc1Cl. The van der Waals surface area contributed by atoms with E-state index in [2.05, 4.69) is 17.6 Å². The van der Waals surface area contributed by atoms with E-state index in [-0.39, 0.29) is 0 Å². The lowest BCUT2D eigenvalue weighted by molar-refractivity contribution is 1.22. The van der Waals surface area contributed by atoms with Crippen molar-refractivity contribution in [1.29, 1.82) is 0 Å². The summed E-state index contributed by atoms with van der Waals surface area (Å²) in [5, 5.41) is 4.39. The van der Waals surface area contributed by atoms with E-state index in [4.69, 9.17) is 11.6 Å². The van der Waals surface area contributed by atoms with Crippen LogP contribution in [-0.2, 0) is 0 Å². The van der Waals surface area contributed by atoms with Crippen LogP contribution in [0.4, 0.5) is 0 Å². The molecule has 0 saturated heterocycles. The van der Waals surface area contributed by atoms with Crippen LogP contribution in [0.1, 0.15) is 5.56 Å². The van der Waals surface area contributed by atoms with Crippen LogP contribution >= 0.6 is 35.6 Å². The molecule has 1 aromatic heterocycles. The molecule has 0 aliphatic heterocycles. The van der Waals surface area contributed by atoms with E-state index in [1.165, 1.54) is 0 Å². The van der Waals surface area contributed by atoms with Gasteiger partial charge in [-0.15, -0.1) is 24.0 Å². The zero-order valence-corrected chi connectivity index (χ0v) is 9.96. The lowest BCUT2D eigenvalue weighted by atomic mass is 10.1. The van der Waals surface area contributed by atoms with Gasteiger partial charge in [0.25, 0.3) is 0 Å². The number of aryl methyl sites for hydroxylation is 1. The summed E-state index contributed by atoms with van der Waals surface area (Å²) in [5.74, 6) is 0. The Morgan fingerprint density at radius 1 is 1.43 bits per heavy atom. The van der Waals surface area contributed by atoms with Gasteiger partial charge in [0, 0.05) is 16.0 Å². The van der Waals surface area contributed by atoms with Gasteiger partial charge in [-0.3, -0.25) is 0 Å². The molecule has 0 atom stereocenters. The Labute approximate surface area is 97.2 Å². The molecule has 0 aliphatic rings. The fourth-order valence-electron chi connectivity index (χ4n) is 1.12. The molecule has 1 nitrogen and oxygen atoms in total. The van der Waals surface area contributed by atoms with Crippen molar-refractivity contribution in [2.45, 2.75) is 11.9 Å². The van der Waals surface area contributed by atoms with E-state index in [1.807, 2.05) is 30.5 Å². The Morgan fingerprint density at radius 2 is 2.21 bits per heavy atom. The smallest absolute Gasteiger partial charge is 0.124 e. The maximum absolute atomic E-state index is 6.03. The lowest BCUT2D eigenvalue weighted by Gasteiger charge is -1.99. The Hall–Kier alpha value is -0.510. The fourth-order valence-corrected chi connectivity index (χ4v) is 2.31. The quantitative estimate of drug-likeness (QED) is 0.743. The zero-order valence-electron chi connectivity index (χ0n) is 7.49. The first-order chi connectivity index (χ1) is 6.66. The summed E-state index contributed by atoms with van der Waals surface area (Å²) in [7, 11) is 0. The van der Waals surface area contributed by atoms with Gasteiger partial charge in [0.1, 0.15) is 10.0 Å². The average molecular weight is 242 g/mol. The molecule has 0 N–H and O–H groups in total. The molecule has 2 rings (SSSR count). The van der Waals surface area contributed by atoms with Crippen molar-refractivity contribution in [3.63, 3.8) is 0 Å². The second-order valence-corrected chi connectivity index (χ2v) is 4.70. The molecule has 0 unspecified atom stereocenters. The molecule has 0 saturated carbocycles. The second-order valence-electron chi connectivity index (χ2n) is 2.97. The fraction of sp³-hybridized carbons (Fsp3) is 0.100. The van der Waals surface area contributed by atoms with Gasteiger partial charge < -0.3 is 0 Å². The maximum atomic E-state index is 6.03. The minimum absolute atomic E-state index is 0.752. The van der Waals surface area contributed by atoms with Crippen LogP contribution in [0.3, 0.4) is 0 Å². The molecule has 0 bridgehead atoms. The molecule has 14 heavy (non-hydrogen) atoms. The van der Waals surface area contributed by atoms with E-state index in [1.54, 1.807) is 11.3 Å². The van der Waals surface area contributed by atoms with Crippen molar-refractivity contribution in [2.24, 2.45) is 0 Å². The van der Waals surface area contributed by atoms with Crippen LogP contribution in [0.25, 0.3) is 10.6 Å². The average Bonchev–Trinajstić information content (AvgIpc) is 2.57. The maximum Gasteiger partial charge on any atom is 0.124 e. The summed E-state index contributed by atoms with van der Waals surface area (Å²) >= 11 is 11.8. The molecule has 0 amide bonds. The van der Waals surface area contributed by atoms with Crippen LogP contribution in [0.2, 0.25) is 5.02 Å². The number of hydrogen-bond donors (Lipinski definition) is 1. The van der Waals surface area contributed by atoms with Crippen LogP contribution in [-0.4, -0.2) is 4.98 Å². The van der Waals surface area contributed by atoms with Crippen molar-refractivity contribution in [3.8, 4) is 10.6 Å². The highest BCUT2D eigenvalue weighted by Gasteiger charge is 2.04. The van der Waals surface area contributed by atoms with Gasteiger partial charge in [0.2, 0.25) is 0 Å². The van der Waals surface area contributed by atoms with Gasteiger partial charge in [-0.05, 0) is 18.6 Å². The minimum atomic E-state index is 0.752. The summed E-state index contributed by atoms with van der Waals surface area (Å²) in [6.45, 7) is 1.98. The minimum Gasteiger partial charge on any atom is -0.230 e. The Kier molecular flexibility index (Phi) is 2.81. The van der Waals surface area contributed by atoms with Crippen molar-refractivity contribution < 1.29 is 0 Å². The molecule has 0 spiro atoms. The van der Waals surface area contributed by atoms with E-state index in [0.29, 0.717) is 0 Å². The third kappa shape index (κ3) is 1.95. The predicted molar refractivity (Wildman–Crippen MR) is 64.5 cm³/mol. The third-order valence-corrected chi connectivity index (χ3v) is 3.61. The van der Waals surface area contributed by atoms with Crippen LogP contribution in [0, 0.1) is 6.92 Å². The van der Waals surface area contributed by atoms with Crippen LogP contribution in [0.15, 0.2) is 28.6 Å². The number of nitrogens with zero attached hydrogens (tertiary/aromatic N) is 1. The zero-order chi connectivity index (χ0) is 10.1. The van der Waals surface area contributed by atoms with E-state index >= 15 is 0 Å². The number of benzene rings is 1. The largest absolute Gasteiger partial charge is 0.230 e. The first kappa shape index (κ1) is 10.0. The van der Waals surface area contributed by atoms with Crippen LogP contribution < -0.4 is 0 Å². The third-order valence-electron chi connectivity index (χ3n) is 1.91. The standard InChI is InChI=1S/C10H8ClNS2/c1-6-2-3-7(4-8(6)11)10-12-9(13)5-14-10/h2-5,13H,1H3. The van der Waals surface area contributed by atoms with Gasteiger partial charge in [-0.1, -0.05) is 23.7 Å². The van der Waals surface area contributed by atoms with Crippen molar-refractivity contribution in [2.75, 3.05) is 0 Å². The topological polar surface area (TPSA) is 12.9 Å². The molecule has 0 fully saturated rings. The molecule has 0 radical (unpaired) electrons. The van der Waals surface area contributed by atoms with E-state index in [0.717, 1.165) is 26.2 Å². The molecule has 1 heterocycles. The number of thiazole rings is 1. The van der Waals surface area contributed by atoms with Crippen molar-refractivity contribution >= 4 is 35.6 Å². The lowest BCUT2D eigenvalue weighted by Crippen LogP contribution is -1.79. The number of rotatable bonds is 1. The van der Waals surface area contributed by atoms with Crippen LogP contribution in [0.5, 0.6) is 0 Å². The Morgan fingerprint density at radius 3 is 2.79 bits per heavy atom. The van der Waals surface area contributed by atoms with Gasteiger partial charge >= 0.3 is 0 Å². The van der Waals surface area contributed by atoms with Crippen molar-refractivity contribution in [1.82, 2.24) is 4.98 Å². The summed E-state index contributed by atoms with van der Waals surface area (Å²) in [6.07, 6.45) is 0. The number of aromatic nitrogens is 1. The normalized spacial score (nSPS) is 10.5. The highest BCUT2D eigenvalue weighted by atomic mass is 35.5. The highest BCUT2D eigenvalue weighted by molar-refractivity contribution is 7.80. The first-order valence-electron chi connectivity index (χ1n) is 4.08. The number of hydrogen-bond acceptors (Lipinski definition) is 3. The number of thiol groups is 1. The van der Waals surface area contributed by atoms with Gasteiger partial charge in [0.15, 0.2) is 0 Å². The summed E-state index contributed by atoms with van der Waals surface area (Å²) in [5.41, 5.74) is 2.13. The number of halogens is 1. The molecule has 72 valence electrons. The summed E-state index contributed by atoms with van der Waals surface area (Å²) in [6, 6.07) is 5.95. The Bertz CT molecular complexity index is 465. The summed E-state index contributed by atoms with van der Waals surface area (Å²) < 4.78 is 0. The van der Waals surface area contributed by atoms with Gasteiger partial charge in [-0.25, -0.2) is 4.98 Å². The molecule has 2 aromatic rings. The first-order valence-corrected chi connectivity index (χ1v) is 5.78. The summed E-state index contributed by atoms with van der Waals surface area (Å²) in [4.78, 5) is 4.28. The highest BCUT2D eigenvalue weighted by Crippen LogP contribution is 2.28. The van der Waals surface area contributed by atoms with Crippen molar-refractivity contribution in [3.05, 3.63) is 34.2 Å². The van der Waals surface area contributed by atoms with E-state index in [9.17, 15) is 0 Å². The van der Waals surface area contributed by atoms with Gasteiger partial charge in [0.05, 0.1) is 0 Å².